The number of fused-ring (bicyclic) bond motifs is 3. The molecule has 0 spiro atoms. The van der Waals surface area contributed by atoms with Gasteiger partial charge in [0.05, 0.1) is 0 Å². The monoisotopic (exact) mass is 423 g/mol. The Kier molecular flexibility index (Phi) is 5.38. The van der Waals surface area contributed by atoms with Crippen LogP contribution in [-0.4, -0.2) is 41.7 Å². The van der Waals surface area contributed by atoms with Crippen molar-refractivity contribution in [3.63, 3.8) is 0 Å². The number of carbonyl (C=O) groups is 1. The molecule has 5 heteroatoms. The number of carbonyl (C=O) groups excluding carboxylic acids is 1. The fourth-order valence-corrected chi connectivity index (χ4v) is 3.78. The third-order valence-corrected chi connectivity index (χ3v) is 5.45. The molecule has 4 nitrogen and oxygen atoms in total. The fraction of sp³-hybridized carbons (Fsp3) is 0.500. The van der Waals surface area contributed by atoms with Crippen LogP contribution in [0.3, 0.4) is 0 Å². The normalized spacial score (nSPS) is 29.4. The third kappa shape index (κ3) is 3.61. The molecular weight excluding hydrogens is 401 g/mol. The molecule has 0 radical (unpaired) electrons. The average Bonchev–Trinajstić information content (AvgIpc) is 2.61. The van der Waals surface area contributed by atoms with Crippen LogP contribution in [0.5, 0.6) is 0 Å². The number of benzene rings is 1. The highest BCUT2D eigenvalue weighted by molar-refractivity contribution is 14.1. The minimum absolute atomic E-state index is 0.0937. The molecule has 0 amide bonds. The molecule has 2 bridgehead atoms. The average molecular weight is 423 g/mol. The SMILES string of the molecule is O=C(O[C@H]1CN2CCC1CC2)[C@@](O)(C/C=C/[123I])c1ccccc1. The van der Waals surface area contributed by atoms with E-state index >= 15 is 0 Å². The second-order valence-electron chi connectivity index (χ2n) is 6.37. The van der Waals surface area contributed by atoms with E-state index in [4.69, 9.17) is 4.74 Å². The van der Waals surface area contributed by atoms with Crippen molar-refractivity contribution in [2.75, 3.05) is 19.6 Å². The largest absolute Gasteiger partial charge is 0.458 e. The van der Waals surface area contributed by atoms with Gasteiger partial charge in [0.2, 0.25) is 0 Å². The summed E-state index contributed by atoms with van der Waals surface area (Å²) < 4.78 is 7.59. The number of esters is 1. The second kappa shape index (κ2) is 7.32. The summed E-state index contributed by atoms with van der Waals surface area (Å²) in [5, 5.41) is 11.0. The molecule has 3 heterocycles. The summed E-state index contributed by atoms with van der Waals surface area (Å²) in [5.74, 6) is -0.0963. The van der Waals surface area contributed by atoms with Crippen molar-refractivity contribution >= 4 is 28.6 Å². The molecule has 1 N–H and O–H groups in total. The first-order valence-corrected chi connectivity index (χ1v) is 9.34. The molecule has 0 unspecified atom stereocenters. The van der Waals surface area contributed by atoms with Crippen molar-refractivity contribution in [1.82, 2.24) is 4.90 Å². The topological polar surface area (TPSA) is 49.8 Å². The van der Waals surface area contributed by atoms with Gasteiger partial charge in [0.15, 0.2) is 5.60 Å². The van der Waals surface area contributed by atoms with Gasteiger partial charge in [0.1, 0.15) is 6.10 Å². The maximum atomic E-state index is 12.8. The van der Waals surface area contributed by atoms with E-state index in [2.05, 4.69) is 27.5 Å². The maximum absolute atomic E-state index is 12.8. The van der Waals surface area contributed by atoms with Gasteiger partial charge in [0.25, 0.3) is 0 Å². The molecule has 124 valence electrons. The quantitative estimate of drug-likeness (QED) is 0.585. The zero-order chi connectivity index (χ0) is 16.3. The van der Waals surface area contributed by atoms with E-state index in [9.17, 15) is 9.90 Å². The van der Waals surface area contributed by atoms with Gasteiger partial charge in [0, 0.05) is 13.0 Å². The van der Waals surface area contributed by atoms with E-state index in [1.165, 1.54) is 0 Å². The summed E-state index contributed by atoms with van der Waals surface area (Å²) in [6.45, 7) is 2.99. The Hall–Kier alpha value is -0.920. The van der Waals surface area contributed by atoms with Gasteiger partial charge in [-0.25, -0.2) is 4.79 Å². The summed E-state index contributed by atoms with van der Waals surface area (Å²) in [5.41, 5.74) is -1.03. The summed E-state index contributed by atoms with van der Waals surface area (Å²) in [7, 11) is 0. The van der Waals surface area contributed by atoms with E-state index in [0.29, 0.717) is 11.5 Å². The summed E-state index contributed by atoms with van der Waals surface area (Å²) in [4.78, 5) is 15.1. The van der Waals surface area contributed by atoms with Gasteiger partial charge in [-0.1, -0.05) is 59.0 Å². The van der Waals surface area contributed by atoms with Crippen molar-refractivity contribution in [2.24, 2.45) is 5.92 Å². The predicted octanol–water partition coefficient (Wildman–Crippen LogP) is 2.85. The number of nitrogens with zero attached hydrogens (tertiary/aromatic N) is 1. The lowest BCUT2D eigenvalue weighted by molar-refractivity contribution is -0.181. The number of hydrogen-bond acceptors (Lipinski definition) is 4. The molecule has 1 aromatic carbocycles. The van der Waals surface area contributed by atoms with Crippen molar-refractivity contribution in [3.05, 3.63) is 46.1 Å². The predicted molar refractivity (Wildman–Crippen MR) is 97.2 cm³/mol. The highest BCUT2D eigenvalue weighted by atomic mass is 123. The van der Waals surface area contributed by atoms with Crippen molar-refractivity contribution in [1.29, 1.82) is 0 Å². The zero-order valence-electron chi connectivity index (χ0n) is 13.0. The van der Waals surface area contributed by atoms with Crippen molar-refractivity contribution in [2.45, 2.75) is 31.0 Å². The minimum Gasteiger partial charge on any atom is -0.458 e. The molecule has 3 aliphatic rings. The first kappa shape index (κ1) is 16.9. The molecule has 3 aliphatic heterocycles. The van der Waals surface area contributed by atoms with Crippen LogP contribution in [0.2, 0.25) is 0 Å². The van der Waals surface area contributed by atoms with Crippen LogP contribution in [0, 0.1) is 5.92 Å². The number of aliphatic hydroxyl groups is 1. The number of rotatable bonds is 5. The smallest absolute Gasteiger partial charge is 0.343 e. The Bertz CT molecular complexity index is 569. The van der Waals surface area contributed by atoms with E-state index in [1.54, 1.807) is 18.2 Å². The number of ether oxygens (including phenoxy) is 1. The van der Waals surface area contributed by atoms with Crippen LogP contribution in [0.4, 0.5) is 0 Å². The lowest BCUT2D eigenvalue weighted by Gasteiger charge is -2.44. The molecule has 1 aromatic rings. The third-order valence-electron chi connectivity index (χ3n) is 4.95. The Morgan fingerprint density at radius 1 is 1.35 bits per heavy atom. The van der Waals surface area contributed by atoms with Gasteiger partial charge in [-0.2, -0.15) is 0 Å². The summed E-state index contributed by atoms with van der Waals surface area (Å²) >= 11 is 2.09. The van der Waals surface area contributed by atoms with Gasteiger partial charge < -0.3 is 9.84 Å². The van der Waals surface area contributed by atoms with Crippen molar-refractivity contribution < 1.29 is 14.6 Å². The molecular formula is C18H22INO3. The number of hydrogen-bond donors (Lipinski definition) is 1. The van der Waals surface area contributed by atoms with E-state index < -0.39 is 11.6 Å². The first-order valence-electron chi connectivity index (χ1n) is 8.10. The summed E-state index contributed by atoms with van der Waals surface area (Å²) in [6.07, 6.45) is 4.08. The highest BCUT2D eigenvalue weighted by Crippen LogP contribution is 2.33. The van der Waals surface area contributed by atoms with Crippen LogP contribution in [-0.2, 0) is 15.1 Å². The van der Waals surface area contributed by atoms with Crippen LogP contribution < -0.4 is 0 Å². The standard InChI is InChI=1S/C18H22INO3/c19-10-4-9-18(22,15-5-2-1-3-6-15)17(21)23-16-13-20-11-7-14(16)8-12-20/h1-6,10,14,16,22H,7-9,11-13H2/b10-4+/t16-,18+/m0/s1/i19-4. The molecule has 4 rings (SSSR count). The van der Waals surface area contributed by atoms with E-state index in [1.807, 2.05) is 22.3 Å². The molecule has 0 aromatic heterocycles. The zero-order valence-corrected chi connectivity index (χ0v) is 15.2. The molecule has 23 heavy (non-hydrogen) atoms. The lowest BCUT2D eigenvalue weighted by Crippen LogP contribution is -2.53. The van der Waals surface area contributed by atoms with Crippen molar-refractivity contribution in [3.8, 4) is 0 Å². The van der Waals surface area contributed by atoms with Gasteiger partial charge in [-0.3, -0.25) is 4.90 Å². The molecule has 2 atom stereocenters. The first-order chi connectivity index (χ1) is 11.1. The Morgan fingerprint density at radius 3 is 2.61 bits per heavy atom. The highest BCUT2D eigenvalue weighted by Gasteiger charge is 2.43. The van der Waals surface area contributed by atoms with E-state index in [0.717, 1.165) is 32.5 Å². The van der Waals surface area contributed by atoms with Gasteiger partial charge >= 0.3 is 5.97 Å². The number of halogens is 1. The van der Waals surface area contributed by atoms with Gasteiger partial charge in [-0.05, 0) is 41.5 Å². The molecule has 3 saturated heterocycles. The van der Waals surface area contributed by atoms with Crippen LogP contribution in [0.25, 0.3) is 0 Å². The maximum Gasteiger partial charge on any atom is 0.343 e. The lowest BCUT2D eigenvalue weighted by atomic mass is 9.85. The van der Waals surface area contributed by atoms with Crippen LogP contribution in [0.15, 0.2) is 40.5 Å². The van der Waals surface area contributed by atoms with Crippen LogP contribution >= 0.6 is 22.6 Å². The Labute approximate surface area is 150 Å². The van der Waals surface area contributed by atoms with Crippen LogP contribution in [0.1, 0.15) is 24.8 Å². The minimum atomic E-state index is -1.62. The second-order valence-corrected chi connectivity index (χ2v) is 7.09. The number of piperidine rings is 3. The fourth-order valence-electron chi connectivity index (χ4n) is 3.53. The Morgan fingerprint density at radius 2 is 2.04 bits per heavy atom. The molecule has 0 aliphatic carbocycles. The van der Waals surface area contributed by atoms with E-state index in [-0.39, 0.29) is 12.5 Å². The molecule has 3 fully saturated rings. The summed E-state index contributed by atoms with van der Waals surface area (Å²) in [6, 6.07) is 9.08. The van der Waals surface area contributed by atoms with Gasteiger partial charge in [-0.15, -0.1) is 0 Å². The molecule has 0 saturated carbocycles. The Balaban J connectivity index is 1.78.